The van der Waals surface area contributed by atoms with Crippen LogP contribution in [0.2, 0.25) is 0 Å². The fourth-order valence-electron chi connectivity index (χ4n) is 6.67. The standard InChI is InChI=1S/C24H28N4O5S.C17H17N3O6S2/c1-2-32-23(30)17-9-11-27(12-10-17)14-19-15-28(24(31)33-19)18-7-5-16(6-8-18)21(25)26-22(29)20-4-3-13-34-20;1-28(23,24)25-10-13-9-20(17(22)26-13)12-6-4-11(5-7-12)15(18)19-16(21)14-3-2-8-27-14/h3-8,13,17,19H,2,9-12,14-15H2,1H3,(H2,25,26,29);2-8,13H,9-10H2,1H3,(H2,18,19,21). The summed E-state index contributed by atoms with van der Waals surface area (Å²) < 4.78 is 42.5. The lowest BCUT2D eigenvalue weighted by Crippen LogP contribution is -2.41. The molecule has 4 aromatic rings. The molecule has 62 heavy (non-hydrogen) atoms. The zero-order valence-corrected chi connectivity index (χ0v) is 36.2. The molecule has 21 heteroatoms. The Hall–Kier alpha value is -6.00. The van der Waals surface area contributed by atoms with Gasteiger partial charge in [0.2, 0.25) is 0 Å². The predicted molar refractivity (Wildman–Crippen MR) is 232 cm³/mol. The van der Waals surface area contributed by atoms with Gasteiger partial charge in [-0.25, -0.2) is 9.59 Å². The van der Waals surface area contributed by atoms with Crippen LogP contribution in [0.1, 0.15) is 50.2 Å². The molecule has 2 atom stereocenters. The first kappa shape index (κ1) is 45.5. The Bertz CT molecular complexity index is 2350. The maximum absolute atomic E-state index is 12.5. The fraction of sp³-hybridized carbons (Fsp3) is 0.341. The average Bonchev–Trinajstić information content (AvgIpc) is 4.10. The molecule has 7 rings (SSSR count). The summed E-state index contributed by atoms with van der Waals surface area (Å²) >= 11 is 2.59. The Morgan fingerprint density at radius 1 is 0.758 bits per heavy atom. The number of benzene rings is 2. The topological polar surface area (TPSA) is 238 Å². The molecule has 328 valence electrons. The number of amidine groups is 2. The first-order valence-corrected chi connectivity index (χ1v) is 23.0. The van der Waals surface area contributed by atoms with E-state index in [4.69, 9.17) is 25.0 Å². The summed E-state index contributed by atoms with van der Waals surface area (Å²) in [6.07, 6.45) is 0.447. The molecule has 0 spiro atoms. The molecule has 0 aliphatic carbocycles. The fourth-order valence-corrected chi connectivity index (χ4v) is 8.31. The SMILES string of the molecule is CCOC(=O)C1CCN(CC2CN(c3ccc(C(=N)NC(=O)c4cccs4)cc3)C(=O)O2)CC1.CS(=O)(=O)OCC1CN(c2ccc(C(=N)NC(=O)c3cccs3)cc2)C(=O)O1. The van der Waals surface area contributed by atoms with Crippen molar-refractivity contribution in [2.75, 3.05) is 62.0 Å². The average molecular weight is 908 g/mol. The number of carbonyl (C=O) groups excluding carboxylic acids is 5. The lowest BCUT2D eigenvalue weighted by molar-refractivity contribution is -0.149. The van der Waals surface area contributed by atoms with E-state index in [9.17, 15) is 32.4 Å². The van der Waals surface area contributed by atoms with E-state index in [0.29, 0.717) is 52.0 Å². The summed E-state index contributed by atoms with van der Waals surface area (Å²) in [5.41, 5.74) is 2.21. The van der Waals surface area contributed by atoms with Crippen molar-refractivity contribution in [1.29, 1.82) is 10.8 Å². The van der Waals surface area contributed by atoms with Gasteiger partial charge in [-0.1, -0.05) is 12.1 Å². The van der Waals surface area contributed by atoms with Crippen molar-refractivity contribution >= 4 is 85.8 Å². The van der Waals surface area contributed by atoms with Gasteiger partial charge in [-0.2, -0.15) is 8.42 Å². The third-order valence-corrected chi connectivity index (χ3v) is 12.1. The van der Waals surface area contributed by atoms with Gasteiger partial charge in [-0.3, -0.25) is 44.1 Å². The molecule has 4 N–H and O–H groups in total. The molecular weight excluding hydrogens is 863 g/mol. The number of nitrogens with zero attached hydrogens (tertiary/aromatic N) is 3. The van der Waals surface area contributed by atoms with E-state index in [0.717, 1.165) is 32.2 Å². The van der Waals surface area contributed by atoms with Crippen LogP contribution in [0.3, 0.4) is 0 Å². The van der Waals surface area contributed by atoms with Gasteiger partial charge in [0.25, 0.3) is 21.9 Å². The van der Waals surface area contributed by atoms with Gasteiger partial charge in [-0.05, 0) is 104 Å². The number of esters is 1. The van der Waals surface area contributed by atoms with E-state index in [1.54, 1.807) is 88.5 Å². The lowest BCUT2D eigenvalue weighted by Gasteiger charge is -2.31. The first-order valence-electron chi connectivity index (χ1n) is 19.4. The third kappa shape index (κ3) is 12.3. The summed E-state index contributed by atoms with van der Waals surface area (Å²) in [5, 5.41) is 24.8. The minimum absolute atomic E-state index is 0.00181. The molecule has 3 aliphatic rings. The van der Waals surface area contributed by atoms with E-state index >= 15 is 0 Å². The van der Waals surface area contributed by atoms with Gasteiger partial charge in [0.15, 0.2) is 0 Å². The summed E-state index contributed by atoms with van der Waals surface area (Å²) in [7, 11) is -3.62. The number of hydrogen-bond donors (Lipinski definition) is 4. The molecule has 4 amide bonds. The Morgan fingerprint density at radius 3 is 1.66 bits per heavy atom. The van der Waals surface area contributed by atoms with E-state index in [2.05, 4.69) is 19.7 Å². The van der Waals surface area contributed by atoms with Crippen LogP contribution in [-0.2, 0) is 33.3 Å². The maximum atomic E-state index is 12.5. The minimum Gasteiger partial charge on any atom is -0.466 e. The Balaban J connectivity index is 0.000000211. The number of rotatable bonds is 13. The van der Waals surface area contributed by atoms with Crippen molar-refractivity contribution < 1.29 is 50.8 Å². The minimum atomic E-state index is -3.62. The van der Waals surface area contributed by atoms with E-state index in [1.807, 2.05) is 6.92 Å². The van der Waals surface area contributed by atoms with Crippen LogP contribution in [0, 0.1) is 16.7 Å². The smallest absolute Gasteiger partial charge is 0.414 e. The maximum Gasteiger partial charge on any atom is 0.414 e. The Labute approximate surface area is 365 Å². The van der Waals surface area contributed by atoms with Gasteiger partial charge in [-0.15, -0.1) is 22.7 Å². The highest BCUT2D eigenvalue weighted by Crippen LogP contribution is 2.26. The van der Waals surface area contributed by atoms with E-state index in [-0.39, 0.29) is 54.6 Å². The van der Waals surface area contributed by atoms with Crippen molar-refractivity contribution in [3.05, 3.63) is 104 Å². The molecule has 2 aromatic carbocycles. The van der Waals surface area contributed by atoms with Crippen LogP contribution in [-0.4, -0.2) is 119 Å². The first-order chi connectivity index (χ1) is 29.7. The second-order valence-corrected chi connectivity index (χ2v) is 17.8. The molecule has 0 bridgehead atoms. The molecular formula is C41H45N7O11S3. The Kier molecular flexibility index (Phi) is 15.2. The number of nitrogens with one attached hydrogen (secondary N) is 4. The van der Waals surface area contributed by atoms with Gasteiger partial charge < -0.3 is 24.8 Å². The highest BCUT2D eigenvalue weighted by Gasteiger charge is 2.36. The lowest BCUT2D eigenvalue weighted by atomic mass is 9.97. The molecule has 3 saturated heterocycles. The number of thiophene rings is 2. The van der Waals surface area contributed by atoms with Gasteiger partial charge in [0.1, 0.15) is 30.5 Å². The summed E-state index contributed by atoms with van der Waals surface area (Å²) in [4.78, 5) is 66.7. The van der Waals surface area contributed by atoms with E-state index < -0.39 is 28.4 Å². The summed E-state index contributed by atoms with van der Waals surface area (Å²) in [6.45, 7) is 4.70. The van der Waals surface area contributed by atoms with Crippen molar-refractivity contribution in [2.24, 2.45) is 5.92 Å². The largest absolute Gasteiger partial charge is 0.466 e. The number of anilines is 2. The molecule has 2 unspecified atom stereocenters. The quantitative estimate of drug-likeness (QED) is 0.0461. The summed E-state index contributed by atoms with van der Waals surface area (Å²) in [5.74, 6) is -0.914. The van der Waals surface area contributed by atoms with Gasteiger partial charge >= 0.3 is 18.2 Å². The van der Waals surface area contributed by atoms with Crippen molar-refractivity contribution in [1.82, 2.24) is 15.5 Å². The number of ether oxygens (including phenoxy) is 3. The number of carbonyl (C=O) groups is 5. The molecule has 5 heterocycles. The Morgan fingerprint density at radius 2 is 1.23 bits per heavy atom. The molecule has 3 aliphatic heterocycles. The molecule has 3 fully saturated rings. The van der Waals surface area contributed by atoms with Gasteiger partial charge in [0.05, 0.1) is 41.6 Å². The number of hydrogen-bond acceptors (Lipinski definition) is 16. The van der Waals surface area contributed by atoms with Crippen molar-refractivity contribution in [2.45, 2.75) is 32.0 Å². The monoisotopic (exact) mass is 907 g/mol. The number of cyclic esters (lactones) is 2. The van der Waals surface area contributed by atoms with Crippen LogP contribution >= 0.6 is 22.7 Å². The van der Waals surface area contributed by atoms with E-state index in [1.165, 1.54) is 27.6 Å². The van der Waals surface area contributed by atoms with Crippen molar-refractivity contribution in [3.8, 4) is 0 Å². The number of likely N-dealkylation sites (tertiary alicyclic amines) is 1. The van der Waals surface area contributed by atoms with Crippen LogP contribution in [0.5, 0.6) is 0 Å². The number of amides is 4. The third-order valence-electron chi connectivity index (χ3n) is 9.79. The highest BCUT2D eigenvalue weighted by atomic mass is 32.2. The highest BCUT2D eigenvalue weighted by molar-refractivity contribution is 7.86. The number of piperidine rings is 1. The molecule has 2 aromatic heterocycles. The second kappa shape index (κ2) is 20.7. The second-order valence-electron chi connectivity index (χ2n) is 14.3. The zero-order valence-electron chi connectivity index (χ0n) is 33.7. The normalized spacial score (nSPS) is 18.0. The zero-order chi connectivity index (χ0) is 44.4. The van der Waals surface area contributed by atoms with Crippen LogP contribution in [0.4, 0.5) is 21.0 Å². The molecule has 0 radical (unpaired) electrons. The van der Waals surface area contributed by atoms with Crippen LogP contribution in [0.25, 0.3) is 0 Å². The van der Waals surface area contributed by atoms with Crippen molar-refractivity contribution in [3.63, 3.8) is 0 Å². The van der Waals surface area contributed by atoms with Gasteiger partial charge in [0, 0.05) is 29.0 Å². The molecule has 0 saturated carbocycles. The molecule has 18 nitrogen and oxygen atoms in total. The van der Waals surface area contributed by atoms with Crippen LogP contribution in [0.15, 0.2) is 83.6 Å². The summed E-state index contributed by atoms with van der Waals surface area (Å²) in [6, 6.07) is 20.2. The van der Waals surface area contributed by atoms with Crippen LogP contribution < -0.4 is 20.4 Å². The predicted octanol–water partition coefficient (Wildman–Crippen LogP) is 4.91.